The molecule has 0 fully saturated rings. The Morgan fingerprint density at radius 2 is 1.94 bits per heavy atom. The number of carbonyl (C=O) groups excluding carboxylic acids is 3. The third-order valence-electron chi connectivity index (χ3n) is 4.73. The molecule has 13 heteroatoms. The van der Waals surface area contributed by atoms with Crippen molar-refractivity contribution in [3.05, 3.63) is 59.4 Å². The molecule has 1 aromatic carbocycles. The van der Waals surface area contributed by atoms with Crippen molar-refractivity contribution >= 4 is 40.7 Å². The van der Waals surface area contributed by atoms with Crippen molar-refractivity contribution < 1.29 is 27.6 Å². The number of ketones is 1. The molecular formula is C22H22F3N5O3S2. The lowest BCUT2D eigenvalue weighted by molar-refractivity contribution is -0.167. The van der Waals surface area contributed by atoms with E-state index in [0.717, 1.165) is 22.3 Å². The maximum atomic E-state index is 12.8. The number of H-pyrrole nitrogens is 1. The lowest BCUT2D eigenvalue weighted by Gasteiger charge is -2.18. The summed E-state index contributed by atoms with van der Waals surface area (Å²) in [4.78, 5) is 40.7. The van der Waals surface area contributed by atoms with Gasteiger partial charge in [0.05, 0.1) is 29.8 Å². The van der Waals surface area contributed by atoms with E-state index in [1.54, 1.807) is 0 Å². The molecule has 2 aromatic heterocycles. The van der Waals surface area contributed by atoms with Crippen molar-refractivity contribution in [2.75, 3.05) is 11.5 Å². The average Bonchev–Trinajstić information content (AvgIpc) is 3.54. The highest BCUT2D eigenvalue weighted by atomic mass is 32.2. The summed E-state index contributed by atoms with van der Waals surface area (Å²) in [6.07, 6.45) is -1.68. The van der Waals surface area contributed by atoms with E-state index in [2.05, 4.69) is 25.8 Å². The maximum absolute atomic E-state index is 12.8. The summed E-state index contributed by atoms with van der Waals surface area (Å²) < 4.78 is 37.0. The summed E-state index contributed by atoms with van der Waals surface area (Å²) in [7, 11) is 0. The molecule has 3 rings (SSSR count). The third kappa shape index (κ3) is 8.21. The summed E-state index contributed by atoms with van der Waals surface area (Å²) >= 11 is 2.27. The number of amides is 2. The summed E-state index contributed by atoms with van der Waals surface area (Å²) in [5.74, 6) is -3.23. The maximum Gasteiger partial charge on any atom is 0.450 e. The fourth-order valence-corrected chi connectivity index (χ4v) is 4.61. The van der Waals surface area contributed by atoms with Gasteiger partial charge in [0.25, 0.3) is 5.91 Å². The number of aromatic nitrogens is 3. The van der Waals surface area contributed by atoms with Crippen molar-refractivity contribution in [2.24, 2.45) is 0 Å². The number of benzene rings is 1. The van der Waals surface area contributed by atoms with Crippen LogP contribution in [0.4, 0.5) is 13.2 Å². The smallest absolute Gasteiger partial charge is 0.349 e. The van der Waals surface area contributed by atoms with Crippen molar-refractivity contribution in [2.45, 2.75) is 31.6 Å². The van der Waals surface area contributed by atoms with Crippen LogP contribution in [0.25, 0.3) is 10.6 Å². The number of Topliss-reactive ketones (excluding diaryl/α,β-unsaturated/α-hetero) is 1. The van der Waals surface area contributed by atoms with Crippen LogP contribution < -0.4 is 10.6 Å². The highest BCUT2D eigenvalue weighted by Gasteiger charge is 2.37. The van der Waals surface area contributed by atoms with Crippen LogP contribution in [0, 0.1) is 0 Å². The van der Waals surface area contributed by atoms with Crippen LogP contribution in [0.2, 0.25) is 0 Å². The predicted octanol–water partition coefficient (Wildman–Crippen LogP) is 3.59. The topological polar surface area (TPSA) is 117 Å². The summed E-state index contributed by atoms with van der Waals surface area (Å²) in [6, 6.07) is 8.66. The second-order valence-electron chi connectivity index (χ2n) is 7.36. The molecule has 8 nitrogen and oxygen atoms in total. The molecule has 2 amide bonds. The second-order valence-corrected chi connectivity index (χ2v) is 9.32. The molecule has 0 saturated heterocycles. The zero-order valence-corrected chi connectivity index (χ0v) is 19.9. The first-order valence-electron chi connectivity index (χ1n) is 10.5. The minimum Gasteiger partial charge on any atom is -0.349 e. The van der Waals surface area contributed by atoms with Gasteiger partial charge in [-0.2, -0.15) is 30.0 Å². The van der Waals surface area contributed by atoms with Crippen molar-refractivity contribution in [1.82, 2.24) is 25.8 Å². The highest BCUT2D eigenvalue weighted by molar-refractivity contribution is 7.99. The molecule has 0 spiro atoms. The minimum absolute atomic E-state index is 0.148. The van der Waals surface area contributed by atoms with Crippen molar-refractivity contribution in [3.63, 3.8) is 0 Å². The lowest BCUT2D eigenvalue weighted by atomic mass is 10.1. The van der Waals surface area contributed by atoms with E-state index < -0.39 is 35.6 Å². The summed E-state index contributed by atoms with van der Waals surface area (Å²) in [5, 5.41) is 14.2. The number of nitrogens with one attached hydrogen (secondary N) is 3. The highest BCUT2D eigenvalue weighted by Crippen LogP contribution is 2.23. The molecule has 0 aliphatic rings. The molecule has 1 atom stereocenters. The molecular weight excluding hydrogens is 503 g/mol. The predicted molar refractivity (Wildman–Crippen MR) is 127 cm³/mol. The second kappa shape index (κ2) is 12.5. The number of rotatable bonds is 12. The van der Waals surface area contributed by atoms with E-state index in [4.69, 9.17) is 0 Å². The zero-order valence-electron chi connectivity index (χ0n) is 18.3. The Hall–Kier alpha value is -3.19. The molecule has 0 aliphatic carbocycles. The van der Waals surface area contributed by atoms with Gasteiger partial charge in [-0.1, -0.05) is 30.3 Å². The molecule has 0 bridgehead atoms. The fraction of sp³-hybridized carbons (Fsp3) is 0.318. The van der Waals surface area contributed by atoms with Gasteiger partial charge in [0, 0.05) is 17.1 Å². The SMILES string of the molecule is O=C(N[C@@H](CCCSCC(=O)C(F)(F)F)C(=O)NCc1csc(-c2ccccc2)n1)c1cn[nH]c1. The van der Waals surface area contributed by atoms with Gasteiger partial charge in [-0.25, -0.2) is 4.98 Å². The van der Waals surface area contributed by atoms with Crippen molar-refractivity contribution in [3.8, 4) is 10.6 Å². The summed E-state index contributed by atoms with van der Waals surface area (Å²) in [6.45, 7) is 0.148. The van der Waals surface area contributed by atoms with Gasteiger partial charge in [-0.3, -0.25) is 19.5 Å². The number of thioether (sulfide) groups is 1. The molecule has 3 N–H and O–H groups in total. The van der Waals surface area contributed by atoms with Gasteiger partial charge >= 0.3 is 6.18 Å². The third-order valence-corrected chi connectivity index (χ3v) is 6.71. The molecule has 0 saturated carbocycles. The molecule has 0 aliphatic heterocycles. The first-order valence-corrected chi connectivity index (χ1v) is 12.5. The van der Waals surface area contributed by atoms with Crippen molar-refractivity contribution in [1.29, 1.82) is 0 Å². The Kier molecular flexibility index (Phi) is 9.43. The number of nitrogens with zero attached hydrogens (tertiary/aromatic N) is 2. The Balaban J connectivity index is 1.54. The van der Waals surface area contributed by atoms with Gasteiger partial charge in [-0.05, 0) is 18.6 Å². The number of halogens is 3. The van der Waals surface area contributed by atoms with E-state index in [1.807, 2.05) is 35.7 Å². The van der Waals surface area contributed by atoms with Gasteiger partial charge in [0.15, 0.2) is 0 Å². The molecule has 35 heavy (non-hydrogen) atoms. The quantitative estimate of drug-likeness (QED) is 0.311. The standard InChI is InChI=1S/C22H22F3N5O3S2/c23-22(24,25)18(31)13-34-8-4-7-17(30-19(32)15-9-27-28-10-15)20(33)26-11-16-12-35-21(29-16)14-5-2-1-3-6-14/h1-3,5-6,9-10,12,17H,4,7-8,11,13H2,(H,26,33)(H,27,28)(H,30,32)/t17-/m0/s1. The van der Waals surface area contributed by atoms with Gasteiger partial charge in [0.2, 0.25) is 11.7 Å². The largest absolute Gasteiger partial charge is 0.450 e. The molecule has 2 heterocycles. The van der Waals surface area contributed by atoms with Crippen LogP contribution in [0.1, 0.15) is 28.9 Å². The average molecular weight is 526 g/mol. The van der Waals surface area contributed by atoms with Crippen LogP contribution >= 0.6 is 23.1 Å². The van der Waals surface area contributed by atoms with Crippen LogP contribution in [0.3, 0.4) is 0 Å². The fourth-order valence-electron chi connectivity index (χ4n) is 2.92. The van der Waals surface area contributed by atoms with E-state index in [9.17, 15) is 27.6 Å². The first-order chi connectivity index (χ1) is 16.7. The lowest BCUT2D eigenvalue weighted by Crippen LogP contribution is -2.46. The van der Waals surface area contributed by atoms with Crippen LogP contribution in [-0.4, -0.2) is 56.5 Å². The minimum atomic E-state index is -4.86. The Labute approximate surface area is 207 Å². The number of hydrogen-bond donors (Lipinski definition) is 3. The number of alkyl halides is 3. The number of aromatic amines is 1. The van der Waals surface area contributed by atoms with E-state index in [0.29, 0.717) is 12.1 Å². The molecule has 186 valence electrons. The number of hydrogen-bond acceptors (Lipinski definition) is 7. The normalized spacial score (nSPS) is 12.2. The van der Waals surface area contributed by atoms with Gasteiger partial charge in [-0.15, -0.1) is 11.3 Å². The molecule has 0 unspecified atom stereocenters. The first kappa shape index (κ1) is 26.4. The monoisotopic (exact) mass is 525 g/mol. The number of carbonyl (C=O) groups is 3. The Morgan fingerprint density at radius 1 is 1.17 bits per heavy atom. The van der Waals surface area contributed by atoms with Gasteiger partial charge in [0.1, 0.15) is 11.0 Å². The van der Waals surface area contributed by atoms with E-state index in [-0.39, 0.29) is 24.3 Å². The van der Waals surface area contributed by atoms with Crippen LogP contribution in [0.15, 0.2) is 48.1 Å². The Morgan fingerprint density at radius 3 is 2.63 bits per heavy atom. The van der Waals surface area contributed by atoms with Gasteiger partial charge < -0.3 is 10.6 Å². The van der Waals surface area contributed by atoms with Crippen LogP contribution in [-0.2, 0) is 16.1 Å². The number of thiazole rings is 1. The zero-order chi connectivity index (χ0) is 25.3. The molecule has 3 aromatic rings. The van der Waals surface area contributed by atoms with Crippen LogP contribution in [0.5, 0.6) is 0 Å². The van der Waals surface area contributed by atoms with E-state index in [1.165, 1.54) is 23.7 Å². The Bertz CT molecular complexity index is 1120. The summed E-state index contributed by atoms with van der Waals surface area (Å²) in [5.41, 5.74) is 1.85. The van der Waals surface area contributed by atoms with E-state index >= 15 is 0 Å². The molecule has 0 radical (unpaired) electrons.